The molecule has 0 amide bonds. The molecule has 0 aromatic carbocycles. The van der Waals surface area contributed by atoms with E-state index in [2.05, 4.69) is 6.92 Å². The number of rotatable bonds is 14. The smallest absolute Gasteiger partial charge is 0.334 e. The molecule has 0 aromatic heterocycles. The molecule has 2 aliphatic rings. The van der Waals surface area contributed by atoms with E-state index in [1.54, 1.807) is 33.8 Å². The van der Waals surface area contributed by atoms with Crippen LogP contribution in [0.2, 0.25) is 0 Å². The maximum absolute atomic E-state index is 13.2. The Morgan fingerprint density at radius 2 is 1.59 bits per heavy atom. The third-order valence-corrected chi connectivity index (χ3v) is 8.86. The first kappa shape index (κ1) is 37.4. The predicted octanol–water partition coefficient (Wildman–Crippen LogP) is 3.99. The summed E-state index contributed by atoms with van der Waals surface area (Å²) >= 11 is 0. The minimum Gasteiger partial charge on any atom is -0.459 e. The number of carbonyl (C=O) groups is 4. The molecule has 3 N–H and O–H groups in total. The van der Waals surface area contributed by atoms with Crippen LogP contribution in [0.1, 0.15) is 113 Å². The summed E-state index contributed by atoms with van der Waals surface area (Å²) in [5.41, 5.74) is -3.48. The zero-order chi connectivity index (χ0) is 33.4. The van der Waals surface area contributed by atoms with Crippen molar-refractivity contribution in [2.45, 2.75) is 155 Å². The van der Waals surface area contributed by atoms with Gasteiger partial charge in [0.15, 0.2) is 17.8 Å². The summed E-state index contributed by atoms with van der Waals surface area (Å²) in [5, 5.41) is 34.7. The second kappa shape index (κ2) is 16.0. The van der Waals surface area contributed by atoms with Crippen LogP contribution in [0.25, 0.3) is 0 Å². The van der Waals surface area contributed by atoms with Crippen molar-refractivity contribution in [1.29, 1.82) is 0 Å². The molecule has 8 atom stereocenters. The highest BCUT2D eigenvalue weighted by atomic mass is 16.6. The number of allylic oxidation sites excluding steroid dienone is 1. The molecule has 0 radical (unpaired) electrons. The van der Waals surface area contributed by atoms with Gasteiger partial charge in [-0.1, -0.05) is 45.6 Å². The summed E-state index contributed by atoms with van der Waals surface area (Å²) in [6, 6.07) is 0. The Morgan fingerprint density at radius 3 is 2.14 bits per heavy atom. The Hall–Kier alpha value is -2.76. The quantitative estimate of drug-likeness (QED) is 0.0841. The van der Waals surface area contributed by atoms with E-state index in [9.17, 15) is 34.5 Å². The summed E-state index contributed by atoms with van der Waals surface area (Å²) in [6.45, 7) is 12.6. The Balaban J connectivity index is 2.73. The van der Waals surface area contributed by atoms with Crippen molar-refractivity contribution in [2.75, 3.05) is 0 Å². The van der Waals surface area contributed by atoms with Gasteiger partial charge in [0.25, 0.3) is 0 Å². The van der Waals surface area contributed by atoms with Gasteiger partial charge in [0.05, 0.1) is 12.0 Å². The van der Waals surface area contributed by atoms with Crippen molar-refractivity contribution in [3.05, 3.63) is 22.8 Å². The fourth-order valence-corrected chi connectivity index (χ4v) is 6.34. The summed E-state index contributed by atoms with van der Waals surface area (Å²) in [7, 11) is 0. The molecule has 0 spiro atoms. The zero-order valence-electron chi connectivity index (χ0n) is 27.5. The van der Waals surface area contributed by atoms with Gasteiger partial charge in [-0.05, 0) is 58.6 Å². The predicted molar refractivity (Wildman–Crippen MR) is 161 cm³/mol. The lowest BCUT2D eigenvalue weighted by Crippen LogP contribution is -2.61. The standard InChI is InChI=1S/C33H52O11/c1-9-12-13-14-15-17-25(37)42-29-27-26(20(5)28(29)43-31(39)19(4)11-3)30(38)33(40,21(6)34)23(41-24(36)16-10-2)18-32(27,8)44-22(7)35/h11,21,23,27-30,34,38,40H,9-10,12-18H2,1-8H3/b19-11-/t21?,23-,27+,28-,29-,30-,32-,33+/m0/s1. The van der Waals surface area contributed by atoms with Gasteiger partial charge in [0.2, 0.25) is 0 Å². The van der Waals surface area contributed by atoms with Crippen molar-refractivity contribution in [3.8, 4) is 0 Å². The van der Waals surface area contributed by atoms with Crippen LogP contribution in [0.3, 0.4) is 0 Å². The highest BCUT2D eigenvalue weighted by Gasteiger charge is 2.66. The monoisotopic (exact) mass is 624 g/mol. The molecular formula is C33H52O11. The van der Waals surface area contributed by atoms with Crippen LogP contribution >= 0.6 is 0 Å². The first-order valence-corrected chi connectivity index (χ1v) is 15.8. The van der Waals surface area contributed by atoms with Crippen LogP contribution < -0.4 is 0 Å². The van der Waals surface area contributed by atoms with Gasteiger partial charge in [-0.15, -0.1) is 0 Å². The van der Waals surface area contributed by atoms with Crippen LogP contribution in [0.15, 0.2) is 22.8 Å². The lowest BCUT2D eigenvalue weighted by molar-refractivity contribution is -0.212. The number of unbranched alkanes of at least 4 members (excludes halogenated alkanes) is 4. The van der Waals surface area contributed by atoms with E-state index in [1.165, 1.54) is 20.8 Å². The molecule has 2 aliphatic carbocycles. The van der Waals surface area contributed by atoms with Gasteiger partial charge in [-0.2, -0.15) is 0 Å². The maximum Gasteiger partial charge on any atom is 0.334 e. The normalized spacial score (nSPS) is 31.1. The Kier molecular flexibility index (Phi) is 13.6. The minimum absolute atomic E-state index is 0.0126. The molecule has 2 rings (SSSR count). The van der Waals surface area contributed by atoms with Gasteiger partial charge in [-0.25, -0.2) is 4.79 Å². The molecule has 44 heavy (non-hydrogen) atoms. The number of hydrogen-bond acceptors (Lipinski definition) is 11. The van der Waals surface area contributed by atoms with Gasteiger partial charge in [-0.3, -0.25) is 14.4 Å². The van der Waals surface area contributed by atoms with Gasteiger partial charge < -0.3 is 34.3 Å². The highest BCUT2D eigenvalue weighted by Crippen LogP contribution is 2.53. The first-order chi connectivity index (χ1) is 20.6. The summed E-state index contributed by atoms with van der Waals surface area (Å²) < 4.78 is 23.4. The van der Waals surface area contributed by atoms with E-state index in [-0.39, 0.29) is 30.4 Å². The van der Waals surface area contributed by atoms with E-state index in [4.69, 9.17) is 18.9 Å². The third kappa shape index (κ3) is 8.28. The average Bonchev–Trinajstić information content (AvgIpc) is 3.18. The van der Waals surface area contributed by atoms with Crippen molar-refractivity contribution < 1.29 is 53.4 Å². The summed E-state index contributed by atoms with van der Waals surface area (Å²) in [5.74, 6) is -3.77. The van der Waals surface area contributed by atoms with E-state index in [0.29, 0.717) is 18.4 Å². The highest BCUT2D eigenvalue weighted by molar-refractivity contribution is 5.88. The van der Waals surface area contributed by atoms with Gasteiger partial charge >= 0.3 is 23.9 Å². The number of aliphatic hydroxyl groups excluding tert-OH is 2. The lowest BCUT2D eigenvalue weighted by atomic mass is 9.79. The molecule has 250 valence electrons. The number of carbonyl (C=O) groups excluding carboxylic acids is 4. The molecular weight excluding hydrogens is 572 g/mol. The van der Waals surface area contributed by atoms with Crippen LogP contribution in [-0.4, -0.2) is 80.9 Å². The molecule has 1 saturated carbocycles. The summed E-state index contributed by atoms with van der Waals surface area (Å²) in [6.07, 6.45) is -1.27. The van der Waals surface area contributed by atoms with Crippen LogP contribution in [0, 0.1) is 5.92 Å². The molecule has 0 heterocycles. The van der Waals surface area contributed by atoms with E-state index < -0.39 is 71.5 Å². The molecule has 1 unspecified atom stereocenters. The largest absolute Gasteiger partial charge is 0.459 e. The average molecular weight is 625 g/mol. The zero-order valence-corrected chi connectivity index (χ0v) is 27.5. The lowest BCUT2D eigenvalue weighted by Gasteiger charge is -2.41. The fourth-order valence-electron chi connectivity index (χ4n) is 6.34. The minimum atomic E-state index is -2.46. The number of aliphatic hydroxyl groups is 3. The molecule has 0 aliphatic heterocycles. The van der Waals surface area contributed by atoms with Crippen LogP contribution in [-0.2, 0) is 38.1 Å². The van der Waals surface area contributed by atoms with Gasteiger partial charge in [0, 0.05) is 31.8 Å². The van der Waals surface area contributed by atoms with E-state index in [0.717, 1.165) is 25.7 Å². The molecule has 11 nitrogen and oxygen atoms in total. The van der Waals surface area contributed by atoms with Crippen LogP contribution in [0.4, 0.5) is 0 Å². The molecule has 0 bridgehead atoms. The first-order valence-electron chi connectivity index (χ1n) is 15.8. The molecule has 11 heteroatoms. The molecule has 0 aromatic rings. The van der Waals surface area contributed by atoms with Gasteiger partial charge in [0.1, 0.15) is 17.8 Å². The third-order valence-electron chi connectivity index (χ3n) is 8.86. The molecule has 1 fully saturated rings. The number of ether oxygens (including phenoxy) is 4. The van der Waals surface area contributed by atoms with E-state index in [1.807, 2.05) is 0 Å². The second-order valence-corrected chi connectivity index (χ2v) is 12.3. The maximum atomic E-state index is 13.2. The van der Waals surface area contributed by atoms with Crippen LogP contribution in [0.5, 0.6) is 0 Å². The number of esters is 4. The van der Waals surface area contributed by atoms with Crippen molar-refractivity contribution in [3.63, 3.8) is 0 Å². The number of hydrogen-bond donors (Lipinski definition) is 3. The SMILES string of the molecule is C/C=C(/C)C(=O)O[C@H]1C(C)=C2[C@H]([C@@H]1OC(=O)CCCCCCC)[C@@](C)(OC(C)=O)C[C@H](OC(=O)CCC)[C@](O)(C(C)O)[C@H]2O. The Labute approximate surface area is 261 Å². The summed E-state index contributed by atoms with van der Waals surface area (Å²) in [4.78, 5) is 51.4. The van der Waals surface area contributed by atoms with Crippen molar-refractivity contribution >= 4 is 23.9 Å². The number of fused-ring (bicyclic) bond motifs is 1. The van der Waals surface area contributed by atoms with E-state index >= 15 is 0 Å². The van der Waals surface area contributed by atoms with Crippen molar-refractivity contribution in [1.82, 2.24) is 0 Å². The Bertz CT molecular complexity index is 1110. The topological polar surface area (TPSA) is 166 Å². The molecule has 0 saturated heterocycles. The Morgan fingerprint density at radius 1 is 0.977 bits per heavy atom. The second-order valence-electron chi connectivity index (χ2n) is 12.3. The van der Waals surface area contributed by atoms with Crippen molar-refractivity contribution in [2.24, 2.45) is 5.92 Å². The fraction of sp³-hybridized carbons (Fsp3) is 0.758.